The zero-order valence-electron chi connectivity index (χ0n) is 10.6. The molecule has 4 heteroatoms. The third kappa shape index (κ3) is 1.83. The van der Waals surface area contributed by atoms with Crippen LogP contribution in [0.15, 0.2) is 10.5 Å². The highest BCUT2D eigenvalue weighted by Crippen LogP contribution is 2.48. The van der Waals surface area contributed by atoms with E-state index in [1.807, 2.05) is 13.0 Å². The molecule has 0 bridgehead atoms. The third-order valence-electron chi connectivity index (χ3n) is 4.03. The Bertz CT molecular complexity index is 502. The fourth-order valence-electron chi connectivity index (χ4n) is 3.01. The van der Waals surface area contributed by atoms with Gasteiger partial charge in [0.05, 0.1) is 5.41 Å². The molecule has 0 unspecified atom stereocenters. The molecule has 0 radical (unpaired) electrons. The lowest BCUT2D eigenvalue weighted by Crippen LogP contribution is -2.33. The van der Waals surface area contributed by atoms with Crippen LogP contribution in [0.3, 0.4) is 0 Å². The topological polar surface area (TPSA) is 57.5 Å². The van der Waals surface area contributed by atoms with Gasteiger partial charge >= 0.3 is 5.97 Å². The summed E-state index contributed by atoms with van der Waals surface area (Å²) < 4.78 is 0.819. The second-order valence-corrected chi connectivity index (χ2v) is 5.97. The van der Waals surface area contributed by atoms with Gasteiger partial charge in [0.1, 0.15) is 5.75 Å². The summed E-state index contributed by atoms with van der Waals surface area (Å²) in [6, 6.07) is 1.90. The Morgan fingerprint density at radius 1 is 1.33 bits per heavy atom. The zero-order chi connectivity index (χ0) is 13.5. The molecule has 3 nitrogen and oxygen atoms in total. The largest absolute Gasteiger partial charge is 0.507 e. The van der Waals surface area contributed by atoms with Crippen molar-refractivity contribution >= 4 is 21.9 Å². The van der Waals surface area contributed by atoms with Crippen molar-refractivity contribution in [2.24, 2.45) is 0 Å². The van der Waals surface area contributed by atoms with Crippen molar-refractivity contribution < 1.29 is 15.0 Å². The number of phenols is 1. The van der Waals surface area contributed by atoms with Gasteiger partial charge in [-0.2, -0.15) is 0 Å². The predicted molar refractivity (Wildman–Crippen MR) is 73.1 cm³/mol. The van der Waals surface area contributed by atoms with Gasteiger partial charge in [-0.1, -0.05) is 28.8 Å². The molecule has 0 saturated heterocycles. The fraction of sp³-hybridized carbons (Fsp3) is 0.500. The van der Waals surface area contributed by atoms with Crippen LogP contribution in [0.2, 0.25) is 0 Å². The van der Waals surface area contributed by atoms with Crippen LogP contribution in [-0.4, -0.2) is 16.2 Å². The van der Waals surface area contributed by atoms with Crippen molar-refractivity contribution in [2.75, 3.05) is 0 Å². The normalized spacial score (nSPS) is 17.9. The quantitative estimate of drug-likeness (QED) is 0.876. The molecule has 2 rings (SSSR count). The van der Waals surface area contributed by atoms with Crippen LogP contribution < -0.4 is 0 Å². The van der Waals surface area contributed by atoms with Crippen LogP contribution in [0.25, 0.3) is 0 Å². The summed E-state index contributed by atoms with van der Waals surface area (Å²) >= 11 is 3.39. The number of aliphatic carboxylic acids is 1. The van der Waals surface area contributed by atoms with E-state index in [0.717, 1.165) is 22.9 Å². The first kappa shape index (κ1) is 13.4. The molecule has 1 aliphatic carbocycles. The summed E-state index contributed by atoms with van der Waals surface area (Å²) in [5.74, 6) is -0.689. The Morgan fingerprint density at radius 3 is 2.39 bits per heavy atom. The van der Waals surface area contributed by atoms with Crippen molar-refractivity contribution in [2.45, 2.75) is 44.9 Å². The van der Waals surface area contributed by atoms with Crippen LogP contribution in [0, 0.1) is 13.8 Å². The number of hydrogen-bond donors (Lipinski definition) is 2. The Balaban J connectivity index is 2.70. The maximum atomic E-state index is 11.7. The molecule has 0 spiro atoms. The molecule has 0 aromatic heterocycles. The molecule has 1 aromatic carbocycles. The van der Waals surface area contributed by atoms with E-state index in [-0.39, 0.29) is 5.75 Å². The predicted octanol–water partition coefficient (Wildman–Crippen LogP) is 3.67. The minimum Gasteiger partial charge on any atom is -0.507 e. The van der Waals surface area contributed by atoms with Gasteiger partial charge in [-0.25, -0.2) is 0 Å². The van der Waals surface area contributed by atoms with Crippen LogP contribution in [0.5, 0.6) is 5.75 Å². The summed E-state index contributed by atoms with van der Waals surface area (Å²) in [4.78, 5) is 11.7. The minimum absolute atomic E-state index is 0.131. The Hall–Kier alpha value is -1.03. The molecular weight excluding hydrogens is 296 g/mol. The van der Waals surface area contributed by atoms with Crippen LogP contribution >= 0.6 is 15.9 Å². The number of phenolic OH excluding ortho intramolecular Hbond substituents is 1. The van der Waals surface area contributed by atoms with E-state index >= 15 is 0 Å². The highest BCUT2D eigenvalue weighted by atomic mass is 79.9. The smallest absolute Gasteiger partial charge is 0.314 e. The average Bonchev–Trinajstić information content (AvgIpc) is 2.76. The van der Waals surface area contributed by atoms with E-state index in [1.165, 1.54) is 0 Å². The van der Waals surface area contributed by atoms with Gasteiger partial charge in [-0.3, -0.25) is 4.79 Å². The van der Waals surface area contributed by atoms with E-state index in [1.54, 1.807) is 6.92 Å². The number of rotatable bonds is 2. The lowest BCUT2D eigenvalue weighted by atomic mass is 9.75. The third-order valence-corrected chi connectivity index (χ3v) is 4.86. The lowest BCUT2D eigenvalue weighted by Gasteiger charge is -2.28. The average molecular weight is 313 g/mol. The zero-order valence-corrected chi connectivity index (χ0v) is 12.2. The van der Waals surface area contributed by atoms with E-state index < -0.39 is 11.4 Å². The van der Waals surface area contributed by atoms with Crippen molar-refractivity contribution in [3.63, 3.8) is 0 Å². The maximum Gasteiger partial charge on any atom is 0.314 e. The van der Waals surface area contributed by atoms with Gasteiger partial charge in [-0.05, 0) is 38.3 Å². The Morgan fingerprint density at radius 2 is 1.89 bits per heavy atom. The summed E-state index contributed by atoms with van der Waals surface area (Å²) in [6.45, 7) is 3.66. The molecule has 1 aromatic rings. The van der Waals surface area contributed by atoms with E-state index in [2.05, 4.69) is 15.9 Å². The van der Waals surface area contributed by atoms with Crippen LogP contribution in [0.4, 0.5) is 0 Å². The van der Waals surface area contributed by atoms with Gasteiger partial charge in [0.15, 0.2) is 0 Å². The lowest BCUT2D eigenvalue weighted by molar-refractivity contribution is -0.143. The first-order valence-electron chi connectivity index (χ1n) is 6.12. The summed E-state index contributed by atoms with van der Waals surface area (Å²) in [5, 5.41) is 19.9. The molecule has 1 aliphatic rings. The molecule has 0 heterocycles. The van der Waals surface area contributed by atoms with Gasteiger partial charge in [-0.15, -0.1) is 0 Å². The molecular formula is C14H17BrO3. The SMILES string of the molecule is Cc1cc(Br)c(C)c(O)c1C1(C(=O)O)CCCC1. The Labute approximate surface area is 115 Å². The standard InChI is InChI=1S/C14H17BrO3/c1-8-7-10(15)9(2)12(16)11(8)14(13(17)18)5-3-4-6-14/h7,16H,3-6H2,1-2H3,(H,17,18). The minimum atomic E-state index is -0.903. The van der Waals surface area contributed by atoms with E-state index in [4.69, 9.17) is 0 Å². The van der Waals surface area contributed by atoms with Crippen molar-refractivity contribution in [1.82, 2.24) is 0 Å². The molecule has 0 amide bonds. The maximum absolute atomic E-state index is 11.7. The molecule has 1 fully saturated rings. The number of benzene rings is 1. The first-order chi connectivity index (χ1) is 8.40. The Kier molecular flexibility index (Phi) is 3.41. The summed E-state index contributed by atoms with van der Waals surface area (Å²) in [6.07, 6.45) is 3.02. The van der Waals surface area contributed by atoms with Gasteiger partial charge in [0.25, 0.3) is 0 Å². The summed E-state index contributed by atoms with van der Waals surface area (Å²) in [5.41, 5.74) is 1.25. The number of aryl methyl sites for hydroxylation is 1. The first-order valence-corrected chi connectivity index (χ1v) is 6.92. The van der Waals surface area contributed by atoms with E-state index in [9.17, 15) is 15.0 Å². The molecule has 98 valence electrons. The van der Waals surface area contributed by atoms with Crippen LogP contribution in [0.1, 0.15) is 42.4 Å². The monoisotopic (exact) mass is 312 g/mol. The highest BCUT2D eigenvalue weighted by Gasteiger charge is 2.45. The van der Waals surface area contributed by atoms with Gasteiger partial charge in [0, 0.05) is 15.6 Å². The fourth-order valence-corrected chi connectivity index (χ4v) is 3.54. The molecule has 2 N–H and O–H groups in total. The molecule has 0 aliphatic heterocycles. The number of hydrogen-bond acceptors (Lipinski definition) is 2. The number of carbonyl (C=O) groups is 1. The second kappa shape index (κ2) is 4.57. The number of aromatic hydroxyl groups is 1. The van der Waals surface area contributed by atoms with E-state index in [0.29, 0.717) is 24.0 Å². The highest BCUT2D eigenvalue weighted by molar-refractivity contribution is 9.10. The van der Waals surface area contributed by atoms with Gasteiger partial charge < -0.3 is 10.2 Å². The van der Waals surface area contributed by atoms with Crippen molar-refractivity contribution in [3.05, 3.63) is 27.2 Å². The number of halogens is 1. The van der Waals surface area contributed by atoms with Crippen LogP contribution in [-0.2, 0) is 10.2 Å². The number of carboxylic acids is 1. The molecule has 1 saturated carbocycles. The second-order valence-electron chi connectivity index (χ2n) is 5.12. The molecule has 18 heavy (non-hydrogen) atoms. The summed E-state index contributed by atoms with van der Waals surface area (Å²) in [7, 11) is 0. The van der Waals surface area contributed by atoms with Crippen molar-refractivity contribution in [3.8, 4) is 5.75 Å². The number of carboxylic acid groups (broad SMARTS) is 1. The molecule has 0 atom stereocenters. The van der Waals surface area contributed by atoms with Gasteiger partial charge in [0.2, 0.25) is 0 Å². The van der Waals surface area contributed by atoms with Crippen molar-refractivity contribution in [1.29, 1.82) is 0 Å².